The van der Waals surface area contributed by atoms with Gasteiger partial charge in [0.15, 0.2) is 0 Å². The average Bonchev–Trinajstić information content (AvgIpc) is 3.23. The fraction of sp³-hybridized carbons (Fsp3) is 0.133. The molecule has 0 spiro atoms. The molecule has 0 radical (unpaired) electrons. The van der Waals surface area contributed by atoms with Crippen molar-refractivity contribution in [2.45, 2.75) is 11.8 Å². The van der Waals surface area contributed by atoms with Gasteiger partial charge in [-0.15, -0.1) is 21.5 Å². The van der Waals surface area contributed by atoms with E-state index in [9.17, 15) is 9.18 Å². The number of hydrogen-bond donors (Lipinski definition) is 1. The van der Waals surface area contributed by atoms with E-state index in [2.05, 4.69) is 15.5 Å². The molecule has 1 amide bonds. The smallest absolute Gasteiger partial charge is 0.277 e. The number of amides is 1. The molecule has 1 N–H and O–H groups in total. The van der Waals surface area contributed by atoms with Crippen molar-refractivity contribution in [2.75, 3.05) is 5.75 Å². The Morgan fingerprint density at radius 2 is 2.09 bits per heavy atom. The van der Waals surface area contributed by atoms with Gasteiger partial charge in [-0.25, -0.2) is 4.39 Å². The van der Waals surface area contributed by atoms with Gasteiger partial charge in [0.1, 0.15) is 5.82 Å². The van der Waals surface area contributed by atoms with E-state index in [1.54, 1.807) is 12.1 Å². The van der Waals surface area contributed by atoms with Crippen molar-refractivity contribution in [3.05, 3.63) is 53.2 Å². The summed E-state index contributed by atoms with van der Waals surface area (Å²) < 4.78 is 18.3. The van der Waals surface area contributed by atoms with E-state index < -0.39 is 0 Å². The van der Waals surface area contributed by atoms with Gasteiger partial charge in [0.2, 0.25) is 5.91 Å². The second kappa shape index (κ2) is 7.38. The van der Waals surface area contributed by atoms with Crippen LogP contribution >= 0.6 is 23.1 Å². The lowest BCUT2D eigenvalue weighted by atomic mass is 10.2. The summed E-state index contributed by atoms with van der Waals surface area (Å²) in [7, 11) is 0. The minimum absolute atomic E-state index is 0.157. The minimum atomic E-state index is -0.298. The van der Waals surface area contributed by atoms with Crippen LogP contribution in [-0.2, 0) is 11.3 Å². The van der Waals surface area contributed by atoms with E-state index in [-0.39, 0.29) is 17.5 Å². The van der Waals surface area contributed by atoms with Gasteiger partial charge in [-0.05, 0) is 29.1 Å². The summed E-state index contributed by atoms with van der Waals surface area (Å²) >= 11 is 2.69. The van der Waals surface area contributed by atoms with Gasteiger partial charge in [0.25, 0.3) is 11.1 Å². The zero-order valence-corrected chi connectivity index (χ0v) is 13.5. The van der Waals surface area contributed by atoms with Gasteiger partial charge in [-0.1, -0.05) is 30.0 Å². The molecule has 5 nitrogen and oxygen atoms in total. The number of rotatable bonds is 6. The third-order valence-electron chi connectivity index (χ3n) is 2.87. The van der Waals surface area contributed by atoms with Crippen molar-refractivity contribution in [2.24, 2.45) is 0 Å². The van der Waals surface area contributed by atoms with Crippen molar-refractivity contribution in [1.82, 2.24) is 15.5 Å². The van der Waals surface area contributed by atoms with Crippen molar-refractivity contribution in [3.8, 4) is 10.8 Å². The number of carbonyl (C=O) groups is 1. The van der Waals surface area contributed by atoms with Gasteiger partial charge >= 0.3 is 0 Å². The molecule has 118 valence electrons. The van der Waals surface area contributed by atoms with Crippen LogP contribution in [0.2, 0.25) is 0 Å². The van der Waals surface area contributed by atoms with Crippen LogP contribution in [0.5, 0.6) is 0 Å². The maximum Gasteiger partial charge on any atom is 0.277 e. The number of thioether (sulfide) groups is 1. The predicted octanol–water partition coefficient (Wildman–Crippen LogP) is 3.35. The number of thiophene rings is 1. The van der Waals surface area contributed by atoms with Crippen LogP contribution in [0.25, 0.3) is 10.8 Å². The molecule has 0 unspecified atom stereocenters. The number of nitrogens with zero attached hydrogens (tertiary/aromatic N) is 2. The largest absolute Gasteiger partial charge is 0.410 e. The van der Waals surface area contributed by atoms with E-state index in [4.69, 9.17) is 4.42 Å². The van der Waals surface area contributed by atoms with Crippen molar-refractivity contribution in [3.63, 3.8) is 0 Å². The van der Waals surface area contributed by atoms with E-state index in [0.29, 0.717) is 17.7 Å². The molecule has 2 heterocycles. The van der Waals surface area contributed by atoms with E-state index in [1.807, 2.05) is 17.5 Å². The Balaban J connectivity index is 1.46. The Morgan fingerprint density at radius 3 is 2.83 bits per heavy atom. The first-order chi connectivity index (χ1) is 11.2. The molecule has 0 aliphatic carbocycles. The standard InChI is InChI=1S/C15H12FN3O2S2/c16-11-5-3-10(4-6-11)8-17-13(20)9-23-15-19-18-14(21-15)12-2-1-7-22-12/h1-7H,8-9H2,(H,17,20). The molecule has 3 rings (SSSR count). The van der Waals surface area contributed by atoms with Gasteiger partial charge in [-0.2, -0.15) is 0 Å². The fourth-order valence-corrected chi connectivity index (χ4v) is 2.99. The van der Waals surface area contributed by atoms with Gasteiger partial charge in [0.05, 0.1) is 10.6 Å². The van der Waals surface area contributed by atoms with Gasteiger partial charge in [0, 0.05) is 6.54 Å². The summed E-state index contributed by atoms with van der Waals surface area (Å²) in [5.74, 6) is 0.172. The van der Waals surface area contributed by atoms with Gasteiger partial charge < -0.3 is 9.73 Å². The zero-order valence-electron chi connectivity index (χ0n) is 11.9. The van der Waals surface area contributed by atoms with Crippen LogP contribution in [0, 0.1) is 5.82 Å². The lowest BCUT2D eigenvalue weighted by molar-refractivity contribution is -0.118. The van der Waals surface area contributed by atoms with Crippen LogP contribution in [0.1, 0.15) is 5.56 Å². The number of aromatic nitrogens is 2. The second-order valence-electron chi connectivity index (χ2n) is 4.54. The Labute approximate surface area is 139 Å². The molecule has 8 heteroatoms. The van der Waals surface area contributed by atoms with Crippen LogP contribution in [0.4, 0.5) is 4.39 Å². The first-order valence-electron chi connectivity index (χ1n) is 6.72. The highest BCUT2D eigenvalue weighted by Gasteiger charge is 2.11. The molecule has 3 aromatic rings. The van der Waals surface area contributed by atoms with Crippen molar-refractivity contribution >= 4 is 29.0 Å². The van der Waals surface area contributed by atoms with Crippen LogP contribution < -0.4 is 5.32 Å². The topological polar surface area (TPSA) is 68.0 Å². The van der Waals surface area contributed by atoms with E-state index >= 15 is 0 Å². The average molecular weight is 349 g/mol. The SMILES string of the molecule is O=C(CSc1nnc(-c2cccs2)o1)NCc1ccc(F)cc1. The fourth-order valence-electron chi connectivity index (χ4n) is 1.75. The molecule has 1 aromatic carbocycles. The summed E-state index contributed by atoms with van der Waals surface area (Å²) in [6, 6.07) is 9.78. The first kappa shape index (κ1) is 15.7. The predicted molar refractivity (Wildman–Crippen MR) is 86.6 cm³/mol. The summed E-state index contributed by atoms with van der Waals surface area (Å²) in [6.07, 6.45) is 0. The molecule has 0 fully saturated rings. The quantitative estimate of drug-likeness (QED) is 0.691. The number of carbonyl (C=O) groups excluding carboxylic acids is 1. The molecule has 0 aliphatic heterocycles. The number of halogens is 1. The number of hydrogen-bond acceptors (Lipinski definition) is 6. The molecule has 0 saturated carbocycles. The minimum Gasteiger partial charge on any atom is -0.410 e. The van der Waals surface area contributed by atoms with Crippen LogP contribution in [-0.4, -0.2) is 21.9 Å². The highest BCUT2D eigenvalue weighted by Crippen LogP contribution is 2.26. The Kier molecular flexibility index (Phi) is 5.04. The highest BCUT2D eigenvalue weighted by molar-refractivity contribution is 7.99. The summed E-state index contributed by atoms with van der Waals surface area (Å²) in [4.78, 5) is 12.7. The number of benzene rings is 1. The first-order valence-corrected chi connectivity index (χ1v) is 8.58. The molecule has 23 heavy (non-hydrogen) atoms. The summed E-state index contributed by atoms with van der Waals surface area (Å²) in [5, 5.41) is 12.9. The summed E-state index contributed by atoms with van der Waals surface area (Å²) in [5.41, 5.74) is 0.836. The molecule has 0 saturated heterocycles. The van der Waals surface area contributed by atoms with Crippen molar-refractivity contribution < 1.29 is 13.6 Å². The highest BCUT2D eigenvalue weighted by atomic mass is 32.2. The van der Waals surface area contributed by atoms with Gasteiger partial charge in [-0.3, -0.25) is 4.79 Å². The molecule has 0 aliphatic rings. The molecular formula is C15H12FN3O2S2. The maximum absolute atomic E-state index is 12.8. The van der Waals surface area contributed by atoms with E-state index in [1.165, 1.54) is 35.2 Å². The third-order valence-corrected chi connectivity index (χ3v) is 4.54. The molecule has 0 bridgehead atoms. The molecule has 0 atom stereocenters. The zero-order chi connectivity index (χ0) is 16.1. The normalized spacial score (nSPS) is 10.7. The monoisotopic (exact) mass is 349 g/mol. The Morgan fingerprint density at radius 1 is 1.26 bits per heavy atom. The second-order valence-corrected chi connectivity index (χ2v) is 6.42. The summed E-state index contributed by atoms with van der Waals surface area (Å²) in [6.45, 7) is 0.351. The lowest BCUT2D eigenvalue weighted by Crippen LogP contribution is -2.24. The molecular weight excluding hydrogens is 337 g/mol. The maximum atomic E-state index is 12.8. The Hall–Kier alpha value is -2.19. The molecule has 2 aromatic heterocycles. The van der Waals surface area contributed by atoms with Crippen LogP contribution in [0.15, 0.2) is 51.4 Å². The number of nitrogens with one attached hydrogen (secondary N) is 1. The lowest BCUT2D eigenvalue weighted by Gasteiger charge is -2.04. The third kappa shape index (κ3) is 4.40. The van der Waals surface area contributed by atoms with E-state index in [0.717, 1.165) is 10.4 Å². The van der Waals surface area contributed by atoms with Crippen molar-refractivity contribution in [1.29, 1.82) is 0 Å². The Bertz CT molecular complexity index is 772. The van der Waals surface area contributed by atoms with Crippen LogP contribution in [0.3, 0.4) is 0 Å².